The Bertz CT molecular complexity index is 376. The molecule has 0 amide bonds. The monoisotopic (exact) mass is 266 g/mol. The van der Waals surface area contributed by atoms with Crippen molar-refractivity contribution in [3.8, 4) is 0 Å². The Morgan fingerprint density at radius 2 is 2.16 bits per heavy atom. The van der Waals surface area contributed by atoms with Crippen LogP contribution in [0.2, 0.25) is 0 Å². The molecule has 0 fully saturated rings. The molecule has 0 spiro atoms. The number of nitrogens with zero attached hydrogens (tertiary/aromatic N) is 1. The van der Waals surface area contributed by atoms with Crippen LogP contribution in [-0.2, 0) is 22.4 Å². The normalized spacial score (nSPS) is 19.2. The quantitative estimate of drug-likeness (QED) is 0.608. The lowest BCUT2D eigenvalue weighted by atomic mass is 10.1. The number of aryl methyl sites for hydroxylation is 2. The van der Waals surface area contributed by atoms with E-state index < -0.39 is 0 Å². The second kappa shape index (κ2) is 7.68. The van der Waals surface area contributed by atoms with Crippen molar-refractivity contribution in [2.45, 2.75) is 44.7 Å². The Morgan fingerprint density at radius 1 is 1.26 bits per heavy atom. The van der Waals surface area contributed by atoms with E-state index in [0.717, 1.165) is 26.0 Å². The van der Waals surface area contributed by atoms with Crippen LogP contribution in [0.5, 0.6) is 0 Å². The number of fused-ring (bicyclic) bond motifs is 1. The van der Waals surface area contributed by atoms with Gasteiger partial charge in [-0.25, -0.2) is 0 Å². The van der Waals surface area contributed by atoms with Crippen LogP contribution in [0.25, 0.3) is 0 Å². The van der Waals surface area contributed by atoms with Crippen molar-refractivity contribution in [2.24, 2.45) is 5.73 Å². The highest BCUT2D eigenvalue weighted by atomic mass is 16.5. The van der Waals surface area contributed by atoms with E-state index in [9.17, 15) is 0 Å². The van der Waals surface area contributed by atoms with Gasteiger partial charge >= 0.3 is 0 Å². The smallest absolute Gasteiger partial charge is 0.0700 e. The minimum absolute atomic E-state index is 0.233. The van der Waals surface area contributed by atoms with Gasteiger partial charge in [0.2, 0.25) is 0 Å². The van der Waals surface area contributed by atoms with E-state index in [-0.39, 0.29) is 6.04 Å². The Labute approximate surface area is 115 Å². The number of rotatable bonds is 7. The molecule has 0 saturated carbocycles. The van der Waals surface area contributed by atoms with Gasteiger partial charge in [-0.3, -0.25) is 0 Å². The minimum Gasteiger partial charge on any atom is -0.382 e. The van der Waals surface area contributed by atoms with E-state index in [4.69, 9.17) is 15.2 Å². The van der Waals surface area contributed by atoms with Crippen LogP contribution in [-0.4, -0.2) is 31.5 Å². The summed E-state index contributed by atoms with van der Waals surface area (Å²) in [6, 6.07) is 0.233. The molecule has 1 heterocycles. The number of nitrogens with two attached hydrogens (primary N) is 1. The lowest BCUT2D eigenvalue weighted by molar-refractivity contribution is 0.0680. The first-order valence-corrected chi connectivity index (χ1v) is 7.32. The maximum absolute atomic E-state index is 6.22. The van der Waals surface area contributed by atoms with Crippen LogP contribution < -0.4 is 5.73 Å². The lowest BCUT2D eigenvalue weighted by Crippen LogP contribution is -2.09. The molecule has 0 radical (unpaired) electrons. The van der Waals surface area contributed by atoms with Crippen molar-refractivity contribution in [1.82, 2.24) is 4.57 Å². The van der Waals surface area contributed by atoms with Crippen molar-refractivity contribution in [3.63, 3.8) is 0 Å². The van der Waals surface area contributed by atoms with Gasteiger partial charge in [-0.1, -0.05) is 6.42 Å². The largest absolute Gasteiger partial charge is 0.382 e. The van der Waals surface area contributed by atoms with Crippen molar-refractivity contribution in [3.05, 3.63) is 23.5 Å². The summed E-state index contributed by atoms with van der Waals surface area (Å²) in [7, 11) is 1.69. The fourth-order valence-electron chi connectivity index (χ4n) is 2.67. The zero-order valence-corrected chi connectivity index (χ0v) is 11.9. The number of hydrogen-bond donors (Lipinski definition) is 1. The number of methoxy groups -OCH3 is 1. The molecule has 0 aromatic carbocycles. The predicted octanol–water partition coefficient (Wildman–Crippen LogP) is 2.27. The van der Waals surface area contributed by atoms with E-state index in [1.807, 2.05) is 0 Å². The van der Waals surface area contributed by atoms with Crippen LogP contribution in [0.15, 0.2) is 12.4 Å². The molecule has 1 unspecified atom stereocenters. The topological polar surface area (TPSA) is 49.4 Å². The Morgan fingerprint density at radius 3 is 3.00 bits per heavy atom. The summed E-state index contributed by atoms with van der Waals surface area (Å²) in [4.78, 5) is 0. The molecule has 4 heteroatoms. The second-order valence-corrected chi connectivity index (χ2v) is 5.29. The summed E-state index contributed by atoms with van der Waals surface area (Å²) in [5.41, 5.74) is 9.03. The third-order valence-electron chi connectivity index (χ3n) is 3.74. The Balaban J connectivity index is 1.77. The average Bonchev–Trinajstić information content (AvgIpc) is 2.74. The SMILES string of the molecule is COCCOCCCn1cc2c(c1)C(N)CCCC2. The highest BCUT2D eigenvalue weighted by Crippen LogP contribution is 2.27. The predicted molar refractivity (Wildman–Crippen MR) is 76.2 cm³/mol. The maximum atomic E-state index is 6.22. The highest BCUT2D eigenvalue weighted by molar-refractivity contribution is 5.28. The van der Waals surface area contributed by atoms with Gasteiger partial charge in [-0.2, -0.15) is 0 Å². The van der Waals surface area contributed by atoms with Gasteiger partial charge in [0, 0.05) is 38.7 Å². The molecule has 2 rings (SSSR count). The molecule has 2 N–H and O–H groups in total. The molecule has 1 atom stereocenters. The molecule has 4 nitrogen and oxygen atoms in total. The number of hydrogen-bond acceptors (Lipinski definition) is 3. The first-order valence-electron chi connectivity index (χ1n) is 7.32. The summed E-state index contributed by atoms with van der Waals surface area (Å²) in [5.74, 6) is 0. The lowest BCUT2D eigenvalue weighted by Gasteiger charge is -2.07. The Hall–Kier alpha value is -0.840. The van der Waals surface area contributed by atoms with Gasteiger partial charge in [0.15, 0.2) is 0 Å². The summed E-state index contributed by atoms with van der Waals surface area (Å²) in [6.45, 7) is 3.15. The van der Waals surface area contributed by atoms with E-state index >= 15 is 0 Å². The number of aromatic nitrogens is 1. The zero-order valence-electron chi connectivity index (χ0n) is 11.9. The van der Waals surface area contributed by atoms with E-state index in [2.05, 4.69) is 17.0 Å². The van der Waals surface area contributed by atoms with Crippen LogP contribution >= 0.6 is 0 Å². The van der Waals surface area contributed by atoms with Gasteiger partial charge < -0.3 is 19.8 Å². The molecular weight excluding hydrogens is 240 g/mol. The zero-order chi connectivity index (χ0) is 13.5. The van der Waals surface area contributed by atoms with Crippen molar-refractivity contribution >= 4 is 0 Å². The van der Waals surface area contributed by atoms with Crippen molar-refractivity contribution < 1.29 is 9.47 Å². The summed E-state index contributed by atoms with van der Waals surface area (Å²) < 4.78 is 12.7. The van der Waals surface area contributed by atoms with E-state index in [1.165, 1.54) is 30.4 Å². The maximum Gasteiger partial charge on any atom is 0.0700 e. The van der Waals surface area contributed by atoms with E-state index in [1.54, 1.807) is 7.11 Å². The molecule has 1 aliphatic carbocycles. The molecule has 1 aromatic rings. The third-order valence-corrected chi connectivity index (χ3v) is 3.74. The molecule has 0 bridgehead atoms. The molecule has 1 aromatic heterocycles. The average molecular weight is 266 g/mol. The van der Waals surface area contributed by atoms with Crippen LogP contribution in [0.4, 0.5) is 0 Å². The molecule has 0 aliphatic heterocycles. The minimum atomic E-state index is 0.233. The number of ether oxygens (including phenoxy) is 2. The molecular formula is C15H26N2O2. The van der Waals surface area contributed by atoms with Crippen molar-refractivity contribution in [2.75, 3.05) is 26.9 Å². The van der Waals surface area contributed by atoms with Gasteiger partial charge in [-0.15, -0.1) is 0 Å². The van der Waals surface area contributed by atoms with Crippen LogP contribution in [0.3, 0.4) is 0 Å². The van der Waals surface area contributed by atoms with Gasteiger partial charge in [-0.05, 0) is 36.8 Å². The van der Waals surface area contributed by atoms with Crippen LogP contribution in [0.1, 0.15) is 42.9 Å². The fraction of sp³-hybridized carbons (Fsp3) is 0.733. The Kier molecular flexibility index (Phi) is 5.89. The molecule has 0 saturated heterocycles. The van der Waals surface area contributed by atoms with Gasteiger partial charge in [0.25, 0.3) is 0 Å². The van der Waals surface area contributed by atoms with Crippen LogP contribution in [0, 0.1) is 0 Å². The highest BCUT2D eigenvalue weighted by Gasteiger charge is 2.16. The first-order chi connectivity index (χ1) is 9.31. The first kappa shape index (κ1) is 14.6. The molecule has 108 valence electrons. The second-order valence-electron chi connectivity index (χ2n) is 5.29. The van der Waals surface area contributed by atoms with E-state index in [0.29, 0.717) is 13.2 Å². The van der Waals surface area contributed by atoms with Crippen molar-refractivity contribution in [1.29, 1.82) is 0 Å². The molecule has 1 aliphatic rings. The molecule has 19 heavy (non-hydrogen) atoms. The summed E-state index contributed by atoms with van der Waals surface area (Å²) in [5, 5.41) is 0. The third kappa shape index (κ3) is 4.34. The summed E-state index contributed by atoms with van der Waals surface area (Å²) >= 11 is 0. The van der Waals surface area contributed by atoms with Gasteiger partial charge in [0.1, 0.15) is 0 Å². The van der Waals surface area contributed by atoms with Gasteiger partial charge in [0.05, 0.1) is 13.2 Å². The standard InChI is InChI=1S/C15H26N2O2/c1-18-9-10-19-8-4-7-17-11-13-5-2-3-6-15(16)14(13)12-17/h11-12,15H,2-10,16H2,1H3. The fourth-order valence-corrected chi connectivity index (χ4v) is 2.67. The summed E-state index contributed by atoms with van der Waals surface area (Å²) in [6.07, 6.45) is 10.4.